The van der Waals surface area contributed by atoms with Gasteiger partial charge in [-0.3, -0.25) is 4.79 Å². The molecule has 8 heteroatoms. The molecule has 1 aliphatic rings. The van der Waals surface area contributed by atoms with Crippen LogP contribution in [0.25, 0.3) is 11.5 Å². The van der Waals surface area contributed by atoms with E-state index in [0.717, 1.165) is 29.5 Å². The highest BCUT2D eigenvalue weighted by atomic mass is 16.5. The Balaban J connectivity index is 1.55. The first kappa shape index (κ1) is 14.6. The van der Waals surface area contributed by atoms with Crippen molar-refractivity contribution in [2.75, 3.05) is 0 Å². The highest BCUT2D eigenvalue weighted by Crippen LogP contribution is 2.34. The van der Waals surface area contributed by atoms with E-state index < -0.39 is 0 Å². The number of aromatic nitrogens is 4. The third kappa shape index (κ3) is 2.55. The number of carbonyl (C=O) groups is 1. The molecule has 3 aromatic rings. The smallest absolute Gasteiger partial charge is 0.309 e. The highest BCUT2D eigenvalue weighted by Gasteiger charge is 2.26. The van der Waals surface area contributed by atoms with Gasteiger partial charge in [-0.1, -0.05) is 11.2 Å². The molecular formula is C16H15N5O3. The van der Waals surface area contributed by atoms with Crippen LogP contribution in [-0.2, 0) is 6.42 Å². The van der Waals surface area contributed by atoms with E-state index >= 15 is 0 Å². The molecular weight excluding hydrogens is 310 g/mol. The number of nitrogens with zero attached hydrogens (tertiary/aromatic N) is 4. The molecule has 0 saturated heterocycles. The Hall–Kier alpha value is -3.03. The average Bonchev–Trinajstić information content (AvgIpc) is 3.28. The van der Waals surface area contributed by atoms with Crippen molar-refractivity contribution in [2.45, 2.75) is 32.7 Å². The molecule has 1 N–H and O–H groups in total. The molecule has 8 nitrogen and oxygen atoms in total. The minimum absolute atomic E-state index is 0.0149. The van der Waals surface area contributed by atoms with Gasteiger partial charge in [0.15, 0.2) is 5.82 Å². The summed E-state index contributed by atoms with van der Waals surface area (Å²) in [6.45, 7) is 3.43. The fraction of sp³-hybridized carbons (Fsp3) is 0.312. The van der Waals surface area contributed by atoms with Crippen LogP contribution in [0.4, 0.5) is 0 Å². The molecule has 0 aliphatic heterocycles. The summed E-state index contributed by atoms with van der Waals surface area (Å²) in [5.41, 5.74) is 3.13. The van der Waals surface area contributed by atoms with Crippen LogP contribution >= 0.6 is 0 Å². The van der Waals surface area contributed by atoms with Gasteiger partial charge in [-0.15, -0.1) is 10.2 Å². The fourth-order valence-electron chi connectivity index (χ4n) is 2.92. The Morgan fingerprint density at radius 2 is 2.17 bits per heavy atom. The largest absolute Gasteiger partial charge is 0.417 e. The molecule has 0 unspecified atom stereocenters. The van der Waals surface area contributed by atoms with Crippen LogP contribution in [-0.4, -0.2) is 26.2 Å². The first-order valence-corrected chi connectivity index (χ1v) is 7.64. The molecule has 0 saturated carbocycles. The van der Waals surface area contributed by atoms with E-state index in [0.29, 0.717) is 17.6 Å². The first-order chi connectivity index (χ1) is 11.6. The van der Waals surface area contributed by atoms with Crippen molar-refractivity contribution in [1.82, 2.24) is 25.7 Å². The molecule has 0 radical (unpaired) electrons. The van der Waals surface area contributed by atoms with E-state index in [4.69, 9.17) is 8.94 Å². The zero-order valence-electron chi connectivity index (χ0n) is 13.2. The number of benzene rings is 1. The summed E-state index contributed by atoms with van der Waals surface area (Å²) in [6, 6.07) is 5.87. The molecule has 1 aromatic carbocycles. The molecule has 4 rings (SSSR count). The number of fused-ring (bicyclic) bond motifs is 1. The number of aryl methyl sites for hydroxylation is 3. The van der Waals surface area contributed by atoms with Gasteiger partial charge in [0.05, 0.1) is 6.04 Å². The van der Waals surface area contributed by atoms with E-state index in [1.54, 1.807) is 13.8 Å². The van der Waals surface area contributed by atoms with Crippen molar-refractivity contribution in [1.29, 1.82) is 0 Å². The zero-order chi connectivity index (χ0) is 16.7. The number of hydrogen-bond acceptors (Lipinski definition) is 7. The molecule has 0 fully saturated rings. The van der Waals surface area contributed by atoms with Crippen molar-refractivity contribution in [3.8, 4) is 11.5 Å². The second-order valence-corrected chi connectivity index (χ2v) is 5.75. The van der Waals surface area contributed by atoms with Gasteiger partial charge < -0.3 is 14.3 Å². The molecule has 0 spiro atoms. The summed E-state index contributed by atoms with van der Waals surface area (Å²) < 4.78 is 10.4. The standard InChI is InChI=1S/C16H15N5O3/c1-8-17-15(24-21-8)11-3-5-12-10(7-11)4-6-13(12)18-14(22)16-20-19-9(2)23-16/h3,5,7,13H,4,6H2,1-2H3,(H,18,22)/t13-/m1/s1. The summed E-state index contributed by atoms with van der Waals surface area (Å²) in [7, 11) is 0. The SMILES string of the molecule is Cc1noc(-c2ccc3c(c2)CC[C@H]3NC(=O)c2nnc(C)o2)n1. The van der Waals surface area contributed by atoms with Gasteiger partial charge in [-0.25, -0.2) is 0 Å². The molecule has 0 bridgehead atoms. The molecule has 1 atom stereocenters. The van der Waals surface area contributed by atoms with Crippen LogP contribution in [0.5, 0.6) is 0 Å². The van der Waals surface area contributed by atoms with Crippen molar-refractivity contribution in [3.05, 3.63) is 46.9 Å². The van der Waals surface area contributed by atoms with E-state index in [2.05, 4.69) is 25.7 Å². The third-order valence-corrected chi connectivity index (χ3v) is 4.02. The second kappa shape index (κ2) is 5.55. The highest BCUT2D eigenvalue weighted by molar-refractivity contribution is 5.89. The van der Waals surface area contributed by atoms with Crippen LogP contribution in [0.2, 0.25) is 0 Å². The molecule has 122 valence electrons. The predicted molar refractivity (Wildman–Crippen MR) is 82.0 cm³/mol. The Bertz CT molecular complexity index is 914. The lowest BCUT2D eigenvalue weighted by Crippen LogP contribution is -2.27. The minimum Gasteiger partial charge on any atom is -0.417 e. The van der Waals surface area contributed by atoms with E-state index in [9.17, 15) is 4.79 Å². The third-order valence-electron chi connectivity index (χ3n) is 4.02. The van der Waals surface area contributed by atoms with Gasteiger partial charge in [0.1, 0.15) is 0 Å². The van der Waals surface area contributed by atoms with Crippen molar-refractivity contribution in [3.63, 3.8) is 0 Å². The normalized spacial score (nSPS) is 16.2. The number of carbonyl (C=O) groups excluding carboxylic acids is 1. The van der Waals surface area contributed by atoms with E-state index in [1.807, 2.05) is 18.2 Å². The van der Waals surface area contributed by atoms with Gasteiger partial charge in [0.25, 0.3) is 5.89 Å². The zero-order valence-corrected chi connectivity index (χ0v) is 13.2. The lowest BCUT2D eigenvalue weighted by Gasteiger charge is -2.12. The second-order valence-electron chi connectivity index (χ2n) is 5.75. The Morgan fingerprint density at radius 1 is 1.29 bits per heavy atom. The maximum absolute atomic E-state index is 12.2. The summed E-state index contributed by atoms with van der Waals surface area (Å²) >= 11 is 0. The van der Waals surface area contributed by atoms with Crippen molar-refractivity contribution < 1.29 is 13.7 Å². The van der Waals surface area contributed by atoms with Crippen molar-refractivity contribution >= 4 is 5.91 Å². The first-order valence-electron chi connectivity index (χ1n) is 7.64. The predicted octanol–water partition coefficient (Wildman–Crippen LogP) is 2.15. The maximum Gasteiger partial charge on any atom is 0.309 e. The number of hydrogen-bond donors (Lipinski definition) is 1. The van der Waals surface area contributed by atoms with Crippen LogP contribution in [0.3, 0.4) is 0 Å². The van der Waals surface area contributed by atoms with E-state index in [-0.39, 0.29) is 17.8 Å². The van der Waals surface area contributed by atoms with Crippen LogP contribution in [0.15, 0.2) is 27.1 Å². The summed E-state index contributed by atoms with van der Waals surface area (Å²) in [5.74, 6) is 1.10. The van der Waals surface area contributed by atoms with Gasteiger partial charge in [-0.2, -0.15) is 4.98 Å². The summed E-state index contributed by atoms with van der Waals surface area (Å²) in [5, 5.41) is 14.2. The Kier molecular flexibility index (Phi) is 3.37. The molecule has 2 heterocycles. The lowest BCUT2D eigenvalue weighted by atomic mass is 10.0. The molecule has 1 aliphatic carbocycles. The fourth-order valence-corrected chi connectivity index (χ4v) is 2.92. The van der Waals surface area contributed by atoms with Gasteiger partial charge in [-0.05, 0) is 43.0 Å². The molecule has 1 amide bonds. The number of nitrogens with one attached hydrogen (secondary N) is 1. The van der Waals surface area contributed by atoms with Crippen LogP contribution in [0.1, 0.15) is 46.0 Å². The Labute approximate surface area is 137 Å². The topological polar surface area (TPSA) is 107 Å². The van der Waals surface area contributed by atoms with Crippen LogP contribution in [0, 0.1) is 13.8 Å². The minimum atomic E-state index is -0.356. The van der Waals surface area contributed by atoms with Gasteiger partial charge >= 0.3 is 11.8 Å². The summed E-state index contributed by atoms with van der Waals surface area (Å²) in [6.07, 6.45) is 1.69. The van der Waals surface area contributed by atoms with Gasteiger partial charge in [0.2, 0.25) is 5.89 Å². The average molecular weight is 325 g/mol. The number of rotatable bonds is 3. The molecule has 24 heavy (non-hydrogen) atoms. The summed E-state index contributed by atoms with van der Waals surface area (Å²) in [4.78, 5) is 16.4. The number of amides is 1. The monoisotopic (exact) mass is 325 g/mol. The maximum atomic E-state index is 12.2. The van der Waals surface area contributed by atoms with Gasteiger partial charge in [0, 0.05) is 12.5 Å². The molecule has 2 aromatic heterocycles. The van der Waals surface area contributed by atoms with Crippen LogP contribution < -0.4 is 5.32 Å². The Morgan fingerprint density at radius 3 is 2.88 bits per heavy atom. The lowest BCUT2D eigenvalue weighted by molar-refractivity contribution is 0.0900. The van der Waals surface area contributed by atoms with Crippen molar-refractivity contribution in [2.24, 2.45) is 0 Å². The van der Waals surface area contributed by atoms with E-state index in [1.165, 1.54) is 0 Å². The quantitative estimate of drug-likeness (QED) is 0.786.